The molecule has 0 amide bonds. The number of nitrogens with one attached hydrogen (secondary N) is 2. The van der Waals surface area contributed by atoms with Crippen LogP contribution in [-0.4, -0.2) is 54.5 Å². The average Bonchev–Trinajstić information content (AvgIpc) is 2.79. The molecule has 9 heteroatoms. The molecule has 166 valence electrons. The molecular formula is C22H29FN6OS. The Balaban J connectivity index is 1.47. The van der Waals surface area contributed by atoms with Crippen LogP contribution in [0.25, 0.3) is 0 Å². The Hall–Kier alpha value is -2.52. The number of hydrogen-bond donors (Lipinski definition) is 2. The number of piperidine rings is 1. The zero-order valence-corrected chi connectivity index (χ0v) is 18.6. The van der Waals surface area contributed by atoms with E-state index >= 15 is 0 Å². The lowest BCUT2D eigenvalue weighted by molar-refractivity contribution is 0.122. The molecule has 2 aliphatic rings. The molecule has 2 aliphatic heterocycles. The number of hydrogen-bond acceptors (Lipinski definition) is 6. The Morgan fingerprint density at radius 1 is 1.06 bits per heavy atom. The van der Waals surface area contributed by atoms with Crippen LogP contribution in [0.1, 0.15) is 25.3 Å². The lowest BCUT2D eigenvalue weighted by Crippen LogP contribution is -2.38. The van der Waals surface area contributed by atoms with Gasteiger partial charge in [-0.2, -0.15) is 9.97 Å². The highest BCUT2D eigenvalue weighted by Crippen LogP contribution is 2.26. The van der Waals surface area contributed by atoms with Crippen molar-refractivity contribution in [3.05, 3.63) is 41.7 Å². The fraction of sp³-hybridized carbons (Fsp3) is 0.500. The summed E-state index contributed by atoms with van der Waals surface area (Å²) in [5.74, 6) is 2.78. The number of nitrogens with zero attached hydrogens (tertiary/aromatic N) is 4. The average molecular weight is 445 g/mol. The predicted octanol–water partition coefficient (Wildman–Crippen LogP) is 3.18. The first kappa shape index (κ1) is 21.7. The maximum Gasteiger partial charge on any atom is 0.232 e. The first-order valence-corrected chi connectivity index (χ1v) is 11.2. The normalized spacial score (nSPS) is 17.5. The number of thiocarbonyl (C=S) groups is 1. The molecular weight excluding hydrogens is 415 g/mol. The second kappa shape index (κ2) is 10.2. The molecule has 0 atom stereocenters. The van der Waals surface area contributed by atoms with Crippen molar-refractivity contribution in [2.45, 2.75) is 26.3 Å². The molecule has 1 aromatic carbocycles. The highest BCUT2D eigenvalue weighted by Gasteiger charge is 2.21. The second-order valence-electron chi connectivity index (χ2n) is 8.11. The number of benzene rings is 1. The van der Waals surface area contributed by atoms with Crippen LogP contribution in [0.4, 0.5) is 22.0 Å². The summed E-state index contributed by atoms with van der Waals surface area (Å²) in [5, 5.41) is 6.70. The van der Waals surface area contributed by atoms with Gasteiger partial charge in [-0.15, -0.1) is 0 Å². The van der Waals surface area contributed by atoms with Crippen LogP contribution in [0.3, 0.4) is 0 Å². The molecule has 1 aromatic heterocycles. The number of morpholine rings is 1. The summed E-state index contributed by atoms with van der Waals surface area (Å²) in [6, 6.07) is 8.41. The van der Waals surface area contributed by atoms with Crippen LogP contribution in [0.2, 0.25) is 0 Å². The Morgan fingerprint density at radius 2 is 1.68 bits per heavy atom. The topological polar surface area (TPSA) is 65.6 Å². The Labute approximate surface area is 188 Å². The van der Waals surface area contributed by atoms with E-state index in [0.29, 0.717) is 30.8 Å². The summed E-state index contributed by atoms with van der Waals surface area (Å²) in [6.45, 7) is 7.78. The Kier molecular flexibility index (Phi) is 7.14. The van der Waals surface area contributed by atoms with Crippen LogP contribution >= 0.6 is 12.2 Å². The predicted molar refractivity (Wildman–Crippen MR) is 125 cm³/mol. The summed E-state index contributed by atoms with van der Waals surface area (Å²) >= 11 is 5.45. The van der Waals surface area contributed by atoms with Gasteiger partial charge in [-0.05, 0) is 48.7 Å². The van der Waals surface area contributed by atoms with Crippen molar-refractivity contribution in [1.29, 1.82) is 0 Å². The van der Waals surface area contributed by atoms with Crippen LogP contribution in [-0.2, 0) is 11.3 Å². The third kappa shape index (κ3) is 6.01. The van der Waals surface area contributed by atoms with E-state index in [2.05, 4.69) is 33.4 Å². The Bertz CT molecular complexity index is 882. The van der Waals surface area contributed by atoms with Crippen molar-refractivity contribution in [2.75, 3.05) is 54.5 Å². The van der Waals surface area contributed by atoms with E-state index in [4.69, 9.17) is 26.9 Å². The smallest absolute Gasteiger partial charge is 0.232 e. The van der Waals surface area contributed by atoms with Crippen molar-refractivity contribution < 1.29 is 9.13 Å². The molecule has 0 unspecified atom stereocenters. The first-order valence-electron chi connectivity index (χ1n) is 10.8. The van der Waals surface area contributed by atoms with Crippen molar-refractivity contribution >= 4 is 34.9 Å². The van der Waals surface area contributed by atoms with Crippen LogP contribution in [0, 0.1) is 11.7 Å². The minimum absolute atomic E-state index is 0.252. The molecule has 0 aliphatic carbocycles. The van der Waals surface area contributed by atoms with E-state index in [0.717, 1.165) is 62.1 Å². The van der Waals surface area contributed by atoms with Gasteiger partial charge in [-0.1, -0.05) is 19.1 Å². The van der Waals surface area contributed by atoms with Crippen LogP contribution in [0.15, 0.2) is 30.3 Å². The van der Waals surface area contributed by atoms with E-state index in [-0.39, 0.29) is 5.82 Å². The van der Waals surface area contributed by atoms with Gasteiger partial charge < -0.3 is 25.2 Å². The van der Waals surface area contributed by atoms with E-state index < -0.39 is 0 Å². The van der Waals surface area contributed by atoms with Gasteiger partial charge in [-0.3, -0.25) is 0 Å². The third-order valence-electron chi connectivity index (χ3n) is 5.73. The number of aromatic nitrogens is 2. The molecule has 2 fully saturated rings. The first-order chi connectivity index (χ1) is 15.1. The van der Waals surface area contributed by atoms with Crippen LogP contribution < -0.4 is 20.4 Å². The van der Waals surface area contributed by atoms with E-state index in [1.54, 1.807) is 12.1 Å². The molecule has 3 heterocycles. The number of rotatable bonds is 5. The fourth-order valence-corrected chi connectivity index (χ4v) is 3.93. The minimum Gasteiger partial charge on any atom is -0.378 e. The monoisotopic (exact) mass is 444 g/mol. The summed E-state index contributed by atoms with van der Waals surface area (Å²) < 4.78 is 18.6. The van der Waals surface area contributed by atoms with Crippen molar-refractivity contribution in [3.8, 4) is 0 Å². The zero-order valence-electron chi connectivity index (χ0n) is 17.8. The third-order valence-corrected chi connectivity index (χ3v) is 5.98. The molecule has 7 nitrogen and oxygen atoms in total. The molecule has 2 N–H and O–H groups in total. The van der Waals surface area contributed by atoms with E-state index in [1.807, 2.05) is 0 Å². The molecule has 0 saturated carbocycles. The largest absolute Gasteiger partial charge is 0.378 e. The highest BCUT2D eigenvalue weighted by molar-refractivity contribution is 7.80. The van der Waals surface area contributed by atoms with Crippen LogP contribution in [0.5, 0.6) is 0 Å². The number of halogens is 1. The molecule has 0 spiro atoms. The summed E-state index contributed by atoms with van der Waals surface area (Å²) in [6.07, 6.45) is 2.33. The van der Waals surface area contributed by atoms with Gasteiger partial charge in [0.2, 0.25) is 5.95 Å². The van der Waals surface area contributed by atoms with Gasteiger partial charge in [-0.25, -0.2) is 4.39 Å². The lowest BCUT2D eigenvalue weighted by atomic mass is 9.99. The number of ether oxygens (including phenoxy) is 1. The van der Waals surface area contributed by atoms with E-state index in [1.165, 1.54) is 12.1 Å². The van der Waals surface area contributed by atoms with Gasteiger partial charge in [0.15, 0.2) is 5.11 Å². The SMILES string of the molecule is CC1CCN(c2cc(N3CCOCC3)nc(NC(=S)NCc3ccc(F)cc3)n2)CC1. The van der Waals surface area contributed by atoms with Gasteiger partial charge in [0.25, 0.3) is 0 Å². The molecule has 2 aromatic rings. The van der Waals surface area contributed by atoms with Crippen molar-refractivity contribution in [2.24, 2.45) is 5.92 Å². The summed E-state index contributed by atoms with van der Waals surface area (Å²) in [7, 11) is 0. The standard InChI is InChI=1S/C22H29FN6OS/c1-16-6-8-28(9-7-16)19-14-20(29-10-12-30-13-11-29)26-21(25-19)27-22(31)24-15-17-2-4-18(23)5-3-17/h2-5,14,16H,6-13,15H2,1H3,(H2,24,25,26,27,31). The molecule has 4 rings (SSSR count). The maximum atomic E-state index is 13.1. The van der Waals surface area contributed by atoms with Gasteiger partial charge in [0, 0.05) is 38.8 Å². The highest BCUT2D eigenvalue weighted by atomic mass is 32.1. The molecule has 0 radical (unpaired) electrons. The van der Waals surface area contributed by atoms with Crippen molar-refractivity contribution in [1.82, 2.24) is 15.3 Å². The van der Waals surface area contributed by atoms with Crippen molar-refractivity contribution in [3.63, 3.8) is 0 Å². The Morgan fingerprint density at radius 3 is 2.32 bits per heavy atom. The van der Waals surface area contributed by atoms with E-state index in [9.17, 15) is 4.39 Å². The fourth-order valence-electron chi connectivity index (χ4n) is 3.76. The van der Waals surface area contributed by atoms with Gasteiger partial charge in [0.05, 0.1) is 13.2 Å². The molecule has 31 heavy (non-hydrogen) atoms. The van der Waals surface area contributed by atoms with Gasteiger partial charge >= 0.3 is 0 Å². The second-order valence-corrected chi connectivity index (χ2v) is 8.52. The number of anilines is 3. The lowest BCUT2D eigenvalue weighted by Gasteiger charge is -2.33. The quantitative estimate of drug-likeness (QED) is 0.682. The summed E-state index contributed by atoms with van der Waals surface area (Å²) in [5.41, 5.74) is 0.941. The zero-order chi connectivity index (χ0) is 21.6. The van der Waals surface area contributed by atoms with Gasteiger partial charge in [0.1, 0.15) is 17.5 Å². The minimum atomic E-state index is -0.252. The summed E-state index contributed by atoms with van der Waals surface area (Å²) in [4.78, 5) is 14.0. The maximum absolute atomic E-state index is 13.1. The molecule has 0 bridgehead atoms. The molecule has 2 saturated heterocycles.